The summed E-state index contributed by atoms with van der Waals surface area (Å²) in [6.45, 7) is 0. The highest BCUT2D eigenvalue weighted by Gasteiger charge is 2.13. The molecule has 0 saturated heterocycles. The second-order valence-electron chi connectivity index (χ2n) is 6.47. The van der Waals surface area contributed by atoms with Gasteiger partial charge in [-0.15, -0.1) is 0 Å². The molecule has 0 spiro atoms. The number of nitrogens with one attached hydrogen (secondary N) is 2. The van der Waals surface area contributed by atoms with Crippen molar-refractivity contribution in [3.8, 4) is 16.9 Å². The van der Waals surface area contributed by atoms with E-state index in [4.69, 9.17) is 5.41 Å². The maximum Gasteiger partial charge on any atom is 0.209 e. The molecule has 0 amide bonds. The molecule has 2 heterocycles. The Morgan fingerprint density at radius 2 is 1.94 bits per heavy atom. The van der Waals surface area contributed by atoms with Crippen LogP contribution in [0.2, 0.25) is 0 Å². The summed E-state index contributed by atoms with van der Waals surface area (Å²) < 4.78 is 16.2. The third kappa shape index (κ3) is 4.43. The first-order chi connectivity index (χ1) is 15.2. The van der Waals surface area contributed by atoms with E-state index in [0.717, 1.165) is 11.9 Å². The van der Waals surface area contributed by atoms with Crippen LogP contribution in [0.4, 0.5) is 10.1 Å². The van der Waals surface area contributed by atoms with E-state index in [9.17, 15) is 9.18 Å². The van der Waals surface area contributed by atoms with Crippen LogP contribution in [0.15, 0.2) is 90.3 Å². The fourth-order valence-corrected chi connectivity index (χ4v) is 2.97. The summed E-state index contributed by atoms with van der Waals surface area (Å²) in [5, 5.41) is 14.8. The van der Waals surface area contributed by atoms with Gasteiger partial charge >= 0.3 is 0 Å². The van der Waals surface area contributed by atoms with Gasteiger partial charge in [-0.1, -0.05) is 24.3 Å². The Balaban J connectivity index is 1.73. The first kappa shape index (κ1) is 19.8. The second kappa shape index (κ2) is 8.91. The molecular weight excluding hydrogens is 395 g/mol. The van der Waals surface area contributed by atoms with Gasteiger partial charge in [0.15, 0.2) is 5.69 Å². The fourth-order valence-electron chi connectivity index (χ4n) is 2.97. The van der Waals surface area contributed by atoms with Crippen molar-refractivity contribution >= 4 is 17.6 Å². The summed E-state index contributed by atoms with van der Waals surface area (Å²) in [6.07, 6.45) is 8.51. The highest BCUT2D eigenvalue weighted by molar-refractivity contribution is 5.86. The first-order valence-electron chi connectivity index (χ1n) is 9.35. The van der Waals surface area contributed by atoms with Crippen LogP contribution in [0.5, 0.6) is 0 Å². The van der Waals surface area contributed by atoms with Gasteiger partial charge in [0, 0.05) is 42.1 Å². The molecule has 0 unspecified atom stereocenters. The van der Waals surface area contributed by atoms with Gasteiger partial charge in [-0.2, -0.15) is 5.10 Å². The molecule has 2 aromatic heterocycles. The monoisotopic (exact) mass is 412 g/mol. The van der Waals surface area contributed by atoms with Crippen molar-refractivity contribution in [3.05, 3.63) is 107 Å². The molecule has 0 fully saturated rings. The van der Waals surface area contributed by atoms with Crippen LogP contribution < -0.4 is 10.7 Å². The number of rotatable bonds is 6. The Morgan fingerprint density at radius 3 is 2.65 bits per heavy atom. The lowest BCUT2D eigenvalue weighted by Gasteiger charge is -2.13. The van der Waals surface area contributed by atoms with Gasteiger partial charge in [0.25, 0.3) is 0 Å². The summed E-state index contributed by atoms with van der Waals surface area (Å²) in [4.78, 5) is 20.7. The summed E-state index contributed by atoms with van der Waals surface area (Å²) in [7, 11) is 0. The van der Waals surface area contributed by atoms with Crippen LogP contribution in [-0.2, 0) is 0 Å². The molecular formula is C23H17FN6O. The quantitative estimate of drug-likeness (QED) is 0.468. The summed E-state index contributed by atoms with van der Waals surface area (Å²) in [5.41, 5.74) is 2.05. The number of benzene rings is 2. The summed E-state index contributed by atoms with van der Waals surface area (Å²) in [5.74, 6) is -0.529. The van der Waals surface area contributed by atoms with Gasteiger partial charge in [-0.05, 0) is 30.3 Å². The van der Waals surface area contributed by atoms with Crippen molar-refractivity contribution in [1.29, 1.82) is 5.41 Å². The minimum Gasteiger partial charge on any atom is -0.354 e. The van der Waals surface area contributed by atoms with Crippen molar-refractivity contribution in [3.63, 3.8) is 0 Å². The van der Waals surface area contributed by atoms with Gasteiger partial charge in [-0.3, -0.25) is 14.8 Å². The largest absolute Gasteiger partial charge is 0.354 e. The van der Waals surface area contributed by atoms with Gasteiger partial charge < -0.3 is 10.7 Å². The Morgan fingerprint density at radius 1 is 1.10 bits per heavy atom. The molecule has 0 aliphatic heterocycles. The molecule has 4 aromatic rings. The molecule has 0 aliphatic carbocycles. The third-order valence-electron chi connectivity index (χ3n) is 4.42. The lowest BCUT2D eigenvalue weighted by molar-refractivity contribution is 0.608. The predicted molar refractivity (Wildman–Crippen MR) is 118 cm³/mol. The van der Waals surface area contributed by atoms with E-state index in [1.54, 1.807) is 24.5 Å². The third-order valence-corrected chi connectivity index (χ3v) is 4.42. The van der Waals surface area contributed by atoms with Crippen LogP contribution in [0.1, 0.15) is 5.69 Å². The first-order valence-corrected chi connectivity index (χ1v) is 9.35. The van der Waals surface area contributed by atoms with E-state index in [1.807, 2.05) is 30.3 Å². The van der Waals surface area contributed by atoms with E-state index in [-0.39, 0.29) is 16.8 Å². The number of anilines is 1. The van der Waals surface area contributed by atoms with E-state index in [0.29, 0.717) is 17.0 Å². The van der Waals surface area contributed by atoms with E-state index in [2.05, 4.69) is 20.4 Å². The molecule has 0 atom stereocenters. The number of hydrogen-bond acceptors (Lipinski definition) is 6. The zero-order valence-corrected chi connectivity index (χ0v) is 16.2. The molecule has 0 radical (unpaired) electrons. The van der Waals surface area contributed by atoms with Crippen molar-refractivity contribution in [2.75, 3.05) is 5.32 Å². The number of para-hydroxylation sites is 1. The second-order valence-corrected chi connectivity index (χ2v) is 6.47. The number of hydrogen-bond donors (Lipinski definition) is 2. The van der Waals surface area contributed by atoms with Crippen LogP contribution in [0.3, 0.4) is 0 Å². The van der Waals surface area contributed by atoms with Gasteiger partial charge in [0.05, 0.1) is 17.6 Å². The molecule has 0 saturated carbocycles. The average molecular weight is 412 g/mol. The molecule has 4 rings (SSSR count). The van der Waals surface area contributed by atoms with Gasteiger partial charge in [-0.25, -0.2) is 9.07 Å². The number of allylic oxidation sites excluding steroid dienone is 1. The molecule has 0 aliphatic rings. The van der Waals surface area contributed by atoms with E-state index < -0.39 is 5.82 Å². The lowest BCUT2D eigenvalue weighted by atomic mass is 10.1. The smallest absolute Gasteiger partial charge is 0.209 e. The molecule has 0 bridgehead atoms. The normalized spacial score (nSPS) is 11.2. The van der Waals surface area contributed by atoms with Crippen LogP contribution in [0, 0.1) is 11.2 Å². The average Bonchev–Trinajstić information content (AvgIpc) is 2.80. The number of nitrogens with zero attached hydrogens (tertiary/aromatic N) is 4. The minimum absolute atomic E-state index is 0.0623. The Kier molecular flexibility index (Phi) is 5.70. The minimum atomic E-state index is -0.529. The SMILES string of the molecule is N=C/C=C(\Nc1ccccc1)c1nn(-c2ccc(-c3cnccn3)cc2F)ccc1=O. The maximum absolute atomic E-state index is 14.9. The van der Waals surface area contributed by atoms with Crippen molar-refractivity contribution in [2.24, 2.45) is 0 Å². The van der Waals surface area contributed by atoms with E-state index >= 15 is 0 Å². The van der Waals surface area contributed by atoms with Crippen LogP contribution in [0.25, 0.3) is 22.6 Å². The van der Waals surface area contributed by atoms with Crippen LogP contribution in [-0.4, -0.2) is 26.0 Å². The Hall–Kier alpha value is -4.46. The Labute approximate surface area is 177 Å². The molecule has 2 aromatic carbocycles. The van der Waals surface area contributed by atoms with Crippen molar-refractivity contribution < 1.29 is 4.39 Å². The zero-order chi connectivity index (χ0) is 21.6. The Bertz CT molecular complexity index is 1300. The highest BCUT2D eigenvalue weighted by atomic mass is 19.1. The van der Waals surface area contributed by atoms with Gasteiger partial charge in [0.2, 0.25) is 5.43 Å². The number of halogens is 1. The van der Waals surface area contributed by atoms with Crippen molar-refractivity contribution in [2.45, 2.75) is 0 Å². The molecule has 31 heavy (non-hydrogen) atoms. The van der Waals surface area contributed by atoms with Crippen molar-refractivity contribution in [1.82, 2.24) is 19.7 Å². The summed E-state index contributed by atoms with van der Waals surface area (Å²) >= 11 is 0. The standard InChI is InChI=1S/C23H17FN6O/c24-18-14-16(20-15-26-11-12-27-20)6-7-21(18)30-13-9-22(31)23(29-30)19(8-10-25)28-17-4-2-1-3-5-17/h1-15,25,28H/b19-8-,25-10?. The fraction of sp³-hybridized carbons (Fsp3) is 0. The predicted octanol–water partition coefficient (Wildman–Crippen LogP) is 3.93. The number of aromatic nitrogens is 4. The lowest BCUT2D eigenvalue weighted by Crippen LogP contribution is -2.18. The molecule has 7 nitrogen and oxygen atoms in total. The zero-order valence-electron chi connectivity index (χ0n) is 16.2. The molecule has 8 heteroatoms. The molecule has 152 valence electrons. The summed E-state index contributed by atoms with van der Waals surface area (Å²) in [6, 6.07) is 15.1. The maximum atomic E-state index is 14.9. The van der Waals surface area contributed by atoms with E-state index in [1.165, 1.54) is 35.3 Å². The topological polar surface area (TPSA) is 96.6 Å². The van der Waals surface area contributed by atoms with Crippen LogP contribution >= 0.6 is 0 Å². The molecule has 2 N–H and O–H groups in total. The van der Waals surface area contributed by atoms with Gasteiger partial charge in [0.1, 0.15) is 11.5 Å². The highest BCUT2D eigenvalue weighted by Crippen LogP contribution is 2.22.